The summed E-state index contributed by atoms with van der Waals surface area (Å²) in [5.74, 6) is 0. The third kappa shape index (κ3) is 2.64. The Morgan fingerprint density at radius 2 is 1.38 bits per heavy atom. The average Bonchev–Trinajstić information content (AvgIpc) is 2.47. The predicted octanol–water partition coefficient (Wildman–Crippen LogP) is 6.78. The molecule has 0 bridgehead atoms. The average molecular weight is 336 g/mol. The fourth-order valence-electron chi connectivity index (χ4n) is 2.60. The van der Waals surface area contributed by atoms with Crippen molar-refractivity contribution in [2.45, 2.75) is 12.3 Å². The number of aryl methyl sites for hydroxylation is 1. The molecule has 106 valence electrons. The number of halogens is 3. The van der Waals surface area contributed by atoms with Crippen molar-refractivity contribution in [2.75, 3.05) is 0 Å². The fraction of sp³-hybridized carbons (Fsp3) is 0.111. The van der Waals surface area contributed by atoms with Gasteiger partial charge in [0.2, 0.25) is 0 Å². The molecular weight excluding hydrogens is 323 g/mol. The van der Waals surface area contributed by atoms with Crippen molar-refractivity contribution in [3.8, 4) is 0 Å². The van der Waals surface area contributed by atoms with Gasteiger partial charge in [0, 0.05) is 15.6 Å². The fourth-order valence-corrected chi connectivity index (χ4v) is 3.76. The van der Waals surface area contributed by atoms with Crippen molar-refractivity contribution in [3.05, 3.63) is 81.3 Å². The second-order valence-corrected chi connectivity index (χ2v) is 6.27. The van der Waals surface area contributed by atoms with Crippen LogP contribution in [-0.2, 0) is 0 Å². The molecule has 1 atom stereocenters. The maximum absolute atomic E-state index is 6.70. The zero-order valence-corrected chi connectivity index (χ0v) is 13.7. The van der Waals surface area contributed by atoms with Gasteiger partial charge in [-0.25, -0.2) is 0 Å². The van der Waals surface area contributed by atoms with Crippen LogP contribution in [0.3, 0.4) is 0 Å². The van der Waals surface area contributed by atoms with Crippen LogP contribution in [-0.4, -0.2) is 0 Å². The van der Waals surface area contributed by atoms with Gasteiger partial charge >= 0.3 is 0 Å². The first-order valence-corrected chi connectivity index (χ1v) is 7.85. The van der Waals surface area contributed by atoms with E-state index in [1.54, 1.807) is 0 Å². The van der Waals surface area contributed by atoms with Crippen LogP contribution in [0.5, 0.6) is 0 Å². The van der Waals surface area contributed by atoms with Crippen molar-refractivity contribution in [1.82, 2.24) is 0 Å². The highest BCUT2D eigenvalue weighted by Crippen LogP contribution is 2.41. The Labute approximate surface area is 139 Å². The lowest BCUT2D eigenvalue weighted by Crippen LogP contribution is -1.97. The van der Waals surface area contributed by atoms with Crippen LogP contribution in [0.15, 0.2) is 54.6 Å². The molecule has 0 spiro atoms. The van der Waals surface area contributed by atoms with Crippen LogP contribution >= 0.6 is 34.8 Å². The normalized spacial score (nSPS) is 12.6. The molecule has 0 nitrogen and oxygen atoms in total. The van der Waals surface area contributed by atoms with Gasteiger partial charge in [0.25, 0.3) is 0 Å². The van der Waals surface area contributed by atoms with Crippen LogP contribution in [0, 0.1) is 6.92 Å². The van der Waals surface area contributed by atoms with E-state index in [2.05, 4.69) is 31.2 Å². The topological polar surface area (TPSA) is 0 Å². The lowest BCUT2D eigenvalue weighted by molar-refractivity contribution is 1.16. The van der Waals surface area contributed by atoms with Gasteiger partial charge in [0.1, 0.15) is 0 Å². The standard InChI is InChI=1S/C18H13Cl3/c1-11-9-10-14(13-6-3-2-5-12(11)13)18(21)17-15(19)7-4-8-16(17)20/h2-10,18H,1H3. The van der Waals surface area contributed by atoms with Crippen LogP contribution in [0.25, 0.3) is 10.8 Å². The predicted molar refractivity (Wildman–Crippen MR) is 92.8 cm³/mol. The van der Waals surface area contributed by atoms with Gasteiger partial charge < -0.3 is 0 Å². The minimum absolute atomic E-state index is 0.378. The summed E-state index contributed by atoms with van der Waals surface area (Å²) in [6.07, 6.45) is 0. The van der Waals surface area contributed by atoms with Crippen molar-refractivity contribution < 1.29 is 0 Å². The van der Waals surface area contributed by atoms with Gasteiger partial charge in [-0.1, -0.05) is 65.7 Å². The summed E-state index contributed by atoms with van der Waals surface area (Å²) in [5.41, 5.74) is 3.01. The van der Waals surface area contributed by atoms with Gasteiger partial charge in [-0.3, -0.25) is 0 Å². The first-order valence-electron chi connectivity index (χ1n) is 6.66. The Hall–Kier alpha value is -1.21. The lowest BCUT2D eigenvalue weighted by Gasteiger charge is -2.17. The molecule has 0 saturated carbocycles. The molecule has 0 aliphatic rings. The molecule has 0 fully saturated rings. The van der Waals surface area contributed by atoms with Crippen LogP contribution in [0.2, 0.25) is 10.0 Å². The largest absolute Gasteiger partial charge is 0.112 e. The zero-order valence-electron chi connectivity index (χ0n) is 11.4. The monoisotopic (exact) mass is 334 g/mol. The van der Waals surface area contributed by atoms with Crippen LogP contribution in [0.1, 0.15) is 22.1 Å². The number of hydrogen-bond donors (Lipinski definition) is 0. The van der Waals surface area contributed by atoms with Gasteiger partial charge in [-0.2, -0.15) is 0 Å². The summed E-state index contributed by atoms with van der Waals surface area (Å²) in [6, 6.07) is 17.8. The van der Waals surface area contributed by atoms with E-state index in [4.69, 9.17) is 34.8 Å². The van der Waals surface area contributed by atoms with Crippen LogP contribution < -0.4 is 0 Å². The molecule has 0 saturated heterocycles. The highest BCUT2D eigenvalue weighted by Gasteiger charge is 2.19. The lowest BCUT2D eigenvalue weighted by atomic mass is 9.95. The second-order valence-electron chi connectivity index (χ2n) is 5.02. The van der Waals surface area contributed by atoms with E-state index in [1.165, 1.54) is 10.9 Å². The minimum Gasteiger partial charge on any atom is -0.112 e. The van der Waals surface area contributed by atoms with E-state index in [0.29, 0.717) is 10.0 Å². The SMILES string of the molecule is Cc1ccc(C(Cl)c2c(Cl)cccc2Cl)c2ccccc12. The molecule has 0 radical (unpaired) electrons. The smallest absolute Gasteiger partial charge is 0.0870 e. The number of fused-ring (bicyclic) bond motifs is 1. The molecule has 0 aliphatic heterocycles. The maximum atomic E-state index is 6.70. The molecule has 0 aromatic heterocycles. The molecular formula is C18H13Cl3. The molecule has 3 aromatic rings. The summed E-state index contributed by atoms with van der Waals surface area (Å²) in [7, 11) is 0. The van der Waals surface area contributed by atoms with E-state index in [9.17, 15) is 0 Å². The molecule has 0 N–H and O–H groups in total. The van der Waals surface area contributed by atoms with Gasteiger partial charge in [0.15, 0.2) is 0 Å². The highest BCUT2D eigenvalue weighted by atomic mass is 35.5. The van der Waals surface area contributed by atoms with E-state index >= 15 is 0 Å². The summed E-state index contributed by atoms with van der Waals surface area (Å²) < 4.78 is 0. The Morgan fingerprint density at radius 3 is 2.05 bits per heavy atom. The Morgan fingerprint density at radius 1 is 0.762 bits per heavy atom. The number of benzene rings is 3. The molecule has 21 heavy (non-hydrogen) atoms. The molecule has 3 rings (SSSR count). The van der Waals surface area contributed by atoms with Crippen molar-refractivity contribution in [1.29, 1.82) is 0 Å². The Kier molecular flexibility index (Phi) is 4.12. The van der Waals surface area contributed by atoms with Crippen molar-refractivity contribution >= 4 is 45.6 Å². The highest BCUT2D eigenvalue weighted by molar-refractivity contribution is 6.38. The van der Waals surface area contributed by atoms with E-state index in [1.807, 2.05) is 30.3 Å². The first-order chi connectivity index (χ1) is 10.1. The second kappa shape index (κ2) is 5.88. The minimum atomic E-state index is -0.378. The van der Waals surface area contributed by atoms with E-state index in [-0.39, 0.29) is 5.38 Å². The third-order valence-electron chi connectivity index (χ3n) is 3.70. The van der Waals surface area contributed by atoms with E-state index < -0.39 is 0 Å². The summed E-state index contributed by atoms with van der Waals surface area (Å²) in [6.45, 7) is 2.10. The van der Waals surface area contributed by atoms with Gasteiger partial charge in [0.05, 0.1) is 5.38 Å². The molecule has 0 aliphatic carbocycles. The Bertz CT molecular complexity index is 788. The van der Waals surface area contributed by atoms with Crippen molar-refractivity contribution in [3.63, 3.8) is 0 Å². The van der Waals surface area contributed by atoms with Gasteiger partial charge in [-0.15, -0.1) is 11.6 Å². The Balaban J connectivity index is 2.23. The molecule has 3 heteroatoms. The summed E-state index contributed by atoms with van der Waals surface area (Å²) in [4.78, 5) is 0. The quantitative estimate of drug-likeness (QED) is 0.453. The first kappa shape index (κ1) is 14.7. The third-order valence-corrected chi connectivity index (χ3v) is 4.81. The van der Waals surface area contributed by atoms with Crippen LogP contribution in [0.4, 0.5) is 0 Å². The zero-order chi connectivity index (χ0) is 15.0. The molecule has 3 aromatic carbocycles. The summed E-state index contributed by atoms with van der Waals surface area (Å²) >= 11 is 19.3. The summed E-state index contributed by atoms with van der Waals surface area (Å²) in [5, 5.41) is 3.13. The van der Waals surface area contributed by atoms with Crippen molar-refractivity contribution in [2.24, 2.45) is 0 Å². The maximum Gasteiger partial charge on any atom is 0.0870 e. The van der Waals surface area contributed by atoms with E-state index in [0.717, 1.165) is 16.5 Å². The molecule has 0 heterocycles. The number of alkyl halides is 1. The molecule has 0 amide bonds. The van der Waals surface area contributed by atoms with Gasteiger partial charge in [-0.05, 0) is 41.0 Å². The number of hydrogen-bond acceptors (Lipinski definition) is 0. The number of rotatable bonds is 2. The molecule has 1 unspecified atom stereocenters.